The second-order valence-electron chi connectivity index (χ2n) is 6.85. The third kappa shape index (κ3) is 6.63. The predicted molar refractivity (Wildman–Crippen MR) is 86.9 cm³/mol. The fourth-order valence-electron chi connectivity index (χ4n) is 2.83. The predicted octanol–water partition coefficient (Wildman–Crippen LogP) is 1.17. The van der Waals surface area contributed by atoms with Gasteiger partial charge in [-0.25, -0.2) is 13.1 Å². The Morgan fingerprint density at radius 1 is 1.19 bits per heavy atom. The van der Waals surface area contributed by atoms with Crippen LogP contribution in [-0.2, 0) is 10.0 Å². The molecule has 2 fully saturated rings. The largest absolute Gasteiger partial charge is 0.314 e. The van der Waals surface area contributed by atoms with Gasteiger partial charge in [-0.3, -0.25) is 0 Å². The first-order valence-electron chi connectivity index (χ1n) is 8.41. The van der Waals surface area contributed by atoms with Gasteiger partial charge in [-0.2, -0.15) is 0 Å². The van der Waals surface area contributed by atoms with Gasteiger partial charge in [-0.1, -0.05) is 0 Å². The van der Waals surface area contributed by atoms with Crippen molar-refractivity contribution in [1.29, 1.82) is 0 Å². The van der Waals surface area contributed by atoms with Crippen molar-refractivity contribution in [1.82, 2.24) is 14.9 Å². The topological polar surface area (TPSA) is 61.4 Å². The molecule has 0 radical (unpaired) electrons. The van der Waals surface area contributed by atoms with Crippen molar-refractivity contribution in [3.63, 3.8) is 0 Å². The SMILES string of the molecule is CC(C)N1CCC(CNS(=O)(=O)CCCCNC2CC2)C1. The van der Waals surface area contributed by atoms with E-state index in [0.717, 1.165) is 38.9 Å². The molecule has 0 aromatic heterocycles. The number of hydrogen-bond donors (Lipinski definition) is 2. The molecule has 21 heavy (non-hydrogen) atoms. The number of rotatable bonds is 10. The van der Waals surface area contributed by atoms with Crippen LogP contribution in [0.1, 0.15) is 46.0 Å². The quantitative estimate of drug-likeness (QED) is 0.594. The molecule has 1 heterocycles. The molecule has 5 nitrogen and oxygen atoms in total. The molecule has 2 N–H and O–H groups in total. The number of nitrogens with zero attached hydrogens (tertiary/aromatic N) is 1. The highest BCUT2D eigenvalue weighted by Crippen LogP contribution is 2.19. The first-order chi connectivity index (χ1) is 9.96. The van der Waals surface area contributed by atoms with E-state index in [-0.39, 0.29) is 5.75 Å². The standard InChI is InChI=1S/C15H31N3O2S/c1-13(2)18-9-7-14(12-18)11-17-21(19,20)10-4-3-8-16-15-5-6-15/h13-17H,3-12H2,1-2H3. The first-order valence-corrected chi connectivity index (χ1v) is 10.1. The van der Waals surface area contributed by atoms with Gasteiger partial charge in [0.2, 0.25) is 10.0 Å². The maximum Gasteiger partial charge on any atom is 0.211 e. The second-order valence-corrected chi connectivity index (χ2v) is 8.77. The van der Waals surface area contributed by atoms with Crippen molar-refractivity contribution >= 4 is 10.0 Å². The van der Waals surface area contributed by atoms with E-state index in [0.29, 0.717) is 24.5 Å². The Labute approximate surface area is 129 Å². The van der Waals surface area contributed by atoms with Crippen molar-refractivity contribution in [2.24, 2.45) is 5.92 Å². The lowest BCUT2D eigenvalue weighted by Crippen LogP contribution is -2.34. The number of hydrogen-bond acceptors (Lipinski definition) is 4. The van der Waals surface area contributed by atoms with Gasteiger partial charge in [0.25, 0.3) is 0 Å². The summed E-state index contributed by atoms with van der Waals surface area (Å²) in [6, 6.07) is 1.27. The van der Waals surface area contributed by atoms with Crippen molar-refractivity contribution in [2.45, 2.75) is 58.0 Å². The fraction of sp³-hybridized carbons (Fsp3) is 1.00. The van der Waals surface area contributed by atoms with Gasteiger partial charge in [0.05, 0.1) is 5.75 Å². The molecular weight excluding hydrogens is 286 g/mol. The zero-order chi connectivity index (χ0) is 15.3. The van der Waals surface area contributed by atoms with E-state index >= 15 is 0 Å². The van der Waals surface area contributed by atoms with Crippen LogP contribution in [0.15, 0.2) is 0 Å². The molecule has 1 saturated heterocycles. The Kier molecular flexibility index (Phi) is 6.47. The van der Waals surface area contributed by atoms with E-state index < -0.39 is 10.0 Å². The van der Waals surface area contributed by atoms with E-state index in [1.165, 1.54) is 12.8 Å². The molecule has 6 heteroatoms. The van der Waals surface area contributed by atoms with Gasteiger partial charge in [-0.05, 0) is 65.0 Å². The number of unbranched alkanes of at least 4 members (excludes halogenated alkanes) is 1. The zero-order valence-corrected chi connectivity index (χ0v) is 14.3. The highest BCUT2D eigenvalue weighted by molar-refractivity contribution is 7.89. The first kappa shape index (κ1) is 17.2. The lowest BCUT2D eigenvalue weighted by Gasteiger charge is -2.20. The molecule has 0 amide bonds. The molecule has 2 rings (SSSR count). The minimum absolute atomic E-state index is 0.264. The van der Waals surface area contributed by atoms with Crippen LogP contribution < -0.4 is 10.0 Å². The Morgan fingerprint density at radius 3 is 2.57 bits per heavy atom. The molecular formula is C15H31N3O2S. The van der Waals surface area contributed by atoms with Crippen LogP contribution in [0.25, 0.3) is 0 Å². The number of nitrogens with one attached hydrogen (secondary N) is 2. The monoisotopic (exact) mass is 317 g/mol. The molecule has 1 aliphatic heterocycles. The summed E-state index contributed by atoms with van der Waals surface area (Å²) in [6.45, 7) is 8.06. The second kappa shape index (κ2) is 7.90. The number of sulfonamides is 1. The Bertz CT molecular complexity index is 407. The summed E-state index contributed by atoms with van der Waals surface area (Å²) < 4.78 is 26.7. The van der Waals surface area contributed by atoms with E-state index in [9.17, 15) is 8.42 Å². The molecule has 1 atom stereocenters. The highest BCUT2D eigenvalue weighted by Gasteiger charge is 2.25. The summed E-state index contributed by atoms with van der Waals surface area (Å²) in [5.74, 6) is 0.735. The lowest BCUT2D eigenvalue weighted by atomic mass is 10.1. The number of likely N-dealkylation sites (tertiary alicyclic amines) is 1. The van der Waals surface area contributed by atoms with E-state index in [1.54, 1.807) is 0 Å². The Morgan fingerprint density at radius 2 is 1.95 bits per heavy atom. The smallest absolute Gasteiger partial charge is 0.211 e. The molecule has 1 aliphatic carbocycles. The molecule has 1 unspecified atom stereocenters. The van der Waals surface area contributed by atoms with Crippen molar-refractivity contribution < 1.29 is 8.42 Å². The van der Waals surface area contributed by atoms with Gasteiger partial charge < -0.3 is 10.2 Å². The molecule has 0 aromatic rings. The summed E-state index contributed by atoms with van der Waals surface area (Å²) in [5, 5.41) is 3.41. The zero-order valence-electron chi connectivity index (χ0n) is 13.5. The molecule has 0 bridgehead atoms. The van der Waals surface area contributed by atoms with E-state index in [1.807, 2.05) is 0 Å². The van der Waals surface area contributed by atoms with Crippen molar-refractivity contribution in [3.05, 3.63) is 0 Å². The van der Waals surface area contributed by atoms with Crippen LogP contribution in [0.3, 0.4) is 0 Å². The van der Waals surface area contributed by atoms with Crippen LogP contribution in [0.5, 0.6) is 0 Å². The Hall–Kier alpha value is -0.170. The maximum absolute atomic E-state index is 12.0. The van der Waals surface area contributed by atoms with Gasteiger partial charge in [-0.15, -0.1) is 0 Å². The van der Waals surface area contributed by atoms with Gasteiger partial charge in [0, 0.05) is 25.2 Å². The van der Waals surface area contributed by atoms with Crippen molar-refractivity contribution in [3.8, 4) is 0 Å². The van der Waals surface area contributed by atoms with Crippen LogP contribution >= 0.6 is 0 Å². The van der Waals surface area contributed by atoms with Crippen LogP contribution in [0.2, 0.25) is 0 Å². The lowest BCUT2D eigenvalue weighted by molar-refractivity contribution is 0.265. The van der Waals surface area contributed by atoms with Crippen LogP contribution in [-0.4, -0.2) is 57.3 Å². The minimum atomic E-state index is -3.09. The molecule has 124 valence electrons. The highest BCUT2D eigenvalue weighted by atomic mass is 32.2. The molecule has 0 aromatic carbocycles. The molecule has 1 saturated carbocycles. The van der Waals surface area contributed by atoms with E-state index in [4.69, 9.17) is 0 Å². The van der Waals surface area contributed by atoms with Crippen LogP contribution in [0, 0.1) is 5.92 Å². The summed E-state index contributed by atoms with van der Waals surface area (Å²) in [6.07, 6.45) is 5.37. The van der Waals surface area contributed by atoms with Crippen molar-refractivity contribution in [2.75, 3.05) is 31.9 Å². The molecule has 2 aliphatic rings. The van der Waals surface area contributed by atoms with Crippen LogP contribution in [0.4, 0.5) is 0 Å². The third-order valence-corrected chi connectivity index (χ3v) is 5.92. The normalized spacial score (nSPS) is 24.0. The van der Waals surface area contributed by atoms with Gasteiger partial charge in [0.15, 0.2) is 0 Å². The summed E-state index contributed by atoms with van der Waals surface area (Å²) >= 11 is 0. The average Bonchev–Trinajstić information content (AvgIpc) is 3.11. The van der Waals surface area contributed by atoms with E-state index in [2.05, 4.69) is 28.8 Å². The fourth-order valence-corrected chi connectivity index (χ4v) is 4.04. The summed E-state index contributed by atoms with van der Waals surface area (Å²) in [5.41, 5.74) is 0. The average molecular weight is 317 g/mol. The summed E-state index contributed by atoms with van der Waals surface area (Å²) in [4.78, 5) is 2.42. The molecule has 0 spiro atoms. The summed E-state index contributed by atoms with van der Waals surface area (Å²) in [7, 11) is -3.09. The minimum Gasteiger partial charge on any atom is -0.314 e. The third-order valence-electron chi connectivity index (χ3n) is 4.49. The van der Waals surface area contributed by atoms with Gasteiger partial charge in [0.1, 0.15) is 0 Å². The maximum atomic E-state index is 12.0. The van der Waals surface area contributed by atoms with Gasteiger partial charge >= 0.3 is 0 Å². The Balaban J connectivity index is 1.55.